The van der Waals surface area contributed by atoms with E-state index in [0.29, 0.717) is 0 Å². The molecule has 1 amide bonds. The van der Waals surface area contributed by atoms with Crippen molar-refractivity contribution in [3.8, 4) is 5.69 Å². The molecule has 0 spiro atoms. The molecule has 1 aromatic carbocycles. The molecule has 0 radical (unpaired) electrons. The van der Waals surface area contributed by atoms with Crippen LogP contribution in [0, 0.1) is 6.92 Å². The van der Waals surface area contributed by atoms with Gasteiger partial charge in [-0.25, -0.2) is 9.48 Å². The van der Waals surface area contributed by atoms with Crippen LogP contribution in [0.5, 0.6) is 0 Å². The molecular formula is C14H16N4O4. The molecular weight excluding hydrogens is 288 g/mol. The summed E-state index contributed by atoms with van der Waals surface area (Å²) in [5.41, 5.74) is 1.89. The highest BCUT2D eigenvalue weighted by Gasteiger charge is 2.22. The number of carboxylic acids is 1. The van der Waals surface area contributed by atoms with E-state index in [-0.39, 0.29) is 12.3 Å². The van der Waals surface area contributed by atoms with Crippen LogP contribution in [-0.4, -0.2) is 51.7 Å². The maximum absolute atomic E-state index is 12.0. The van der Waals surface area contributed by atoms with Crippen molar-refractivity contribution in [1.29, 1.82) is 0 Å². The molecule has 2 rings (SSSR count). The number of aromatic nitrogens is 3. The highest BCUT2D eigenvalue weighted by atomic mass is 16.5. The number of benzene rings is 1. The Hall–Kier alpha value is -2.74. The standard InChI is InChI=1S/C14H16N4O4/c1-9-3-5-10(6-4-9)18-7-11(16-17-18)13(19)15-12(8-22-2)14(20)21/h3-7,12H,8H2,1-2H3,(H,15,19)(H,20,21). The molecule has 116 valence electrons. The first-order chi connectivity index (χ1) is 10.5. The monoisotopic (exact) mass is 304 g/mol. The topological polar surface area (TPSA) is 106 Å². The Kier molecular flexibility index (Phi) is 4.84. The third-order valence-electron chi connectivity index (χ3n) is 2.96. The molecule has 1 atom stereocenters. The Morgan fingerprint density at radius 2 is 2.05 bits per heavy atom. The van der Waals surface area contributed by atoms with Gasteiger partial charge in [-0.3, -0.25) is 4.79 Å². The molecule has 8 nitrogen and oxygen atoms in total. The lowest BCUT2D eigenvalue weighted by molar-refractivity contribution is -0.140. The summed E-state index contributed by atoms with van der Waals surface area (Å²) < 4.78 is 6.20. The smallest absolute Gasteiger partial charge is 0.328 e. The number of hydrogen-bond acceptors (Lipinski definition) is 5. The second-order valence-corrected chi connectivity index (χ2v) is 4.70. The molecule has 0 aliphatic heterocycles. The molecule has 0 bridgehead atoms. The minimum atomic E-state index is -1.18. The van der Waals surface area contributed by atoms with Gasteiger partial charge >= 0.3 is 5.97 Å². The van der Waals surface area contributed by atoms with Crippen LogP contribution in [0.25, 0.3) is 5.69 Å². The fraction of sp³-hybridized carbons (Fsp3) is 0.286. The number of nitrogens with zero attached hydrogens (tertiary/aromatic N) is 3. The fourth-order valence-corrected chi connectivity index (χ4v) is 1.77. The third-order valence-corrected chi connectivity index (χ3v) is 2.96. The van der Waals surface area contributed by atoms with E-state index in [9.17, 15) is 9.59 Å². The van der Waals surface area contributed by atoms with Crippen molar-refractivity contribution in [3.05, 3.63) is 41.7 Å². The van der Waals surface area contributed by atoms with Crippen molar-refractivity contribution < 1.29 is 19.4 Å². The van der Waals surface area contributed by atoms with Crippen LogP contribution in [0.1, 0.15) is 16.1 Å². The molecule has 1 unspecified atom stereocenters. The molecule has 0 saturated heterocycles. The van der Waals surface area contributed by atoms with Gasteiger partial charge in [0.15, 0.2) is 11.7 Å². The molecule has 8 heteroatoms. The largest absolute Gasteiger partial charge is 0.480 e. The van der Waals surface area contributed by atoms with Crippen LogP contribution in [0.4, 0.5) is 0 Å². The maximum atomic E-state index is 12.0. The molecule has 1 heterocycles. The Labute approximate surface area is 126 Å². The number of carbonyl (C=O) groups excluding carboxylic acids is 1. The van der Waals surface area contributed by atoms with Crippen molar-refractivity contribution in [2.24, 2.45) is 0 Å². The van der Waals surface area contributed by atoms with Crippen LogP contribution < -0.4 is 5.32 Å². The number of aliphatic carboxylic acids is 1. The Morgan fingerprint density at radius 1 is 1.36 bits per heavy atom. The fourth-order valence-electron chi connectivity index (χ4n) is 1.77. The minimum Gasteiger partial charge on any atom is -0.480 e. The van der Waals surface area contributed by atoms with E-state index in [1.807, 2.05) is 31.2 Å². The van der Waals surface area contributed by atoms with Gasteiger partial charge in [0, 0.05) is 7.11 Å². The lowest BCUT2D eigenvalue weighted by Gasteiger charge is -2.11. The summed E-state index contributed by atoms with van der Waals surface area (Å²) in [7, 11) is 1.36. The van der Waals surface area contributed by atoms with Crippen molar-refractivity contribution in [2.75, 3.05) is 13.7 Å². The zero-order valence-corrected chi connectivity index (χ0v) is 12.2. The van der Waals surface area contributed by atoms with Gasteiger partial charge in [-0.1, -0.05) is 22.9 Å². The average molecular weight is 304 g/mol. The number of nitrogens with one attached hydrogen (secondary N) is 1. The van der Waals surface area contributed by atoms with Crippen LogP contribution in [-0.2, 0) is 9.53 Å². The maximum Gasteiger partial charge on any atom is 0.328 e. The van der Waals surface area contributed by atoms with Crippen LogP contribution in [0.2, 0.25) is 0 Å². The quantitative estimate of drug-likeness (QED) is 0.800. The van der Waals surface area contributed by atoms with Gasteiger partial charge in [0.25, 0.3) is 5.91 Å². The number of carboxylic acid groups (broad SMARTS) is 1. The Morgan fingerprint density at radius 3 is 2.64 bits per heavy atom. The van der Waals surface area contributed by atoms with Crippen molar-refractivity contribution in [2.45, 2.75) is 13.0 Å². The predicted octanol–water partition coefficient (Wildman–Crippen LogP) is 0.405. The number of rotatable bonds is 6. The number of hydrogen-bond donors (Lipinski definition) is 2. The first-order valence-electron chi connectivity index (χ1n) is 6.53. The van der Waals surface area contributed by atoms with Gasteiger partial charge < -0.3 is 15.2 Å². The van der Waals surface area contributed by atoms with Crippen molar-refractivity contribution in [3.63, 3.8) is 0 Å². The average Bonchev–Trinajstić information content (AvgIpc) is 2.97. The number of ether oxygens (including phenoxy) is 1. The zero-order chi connectivity index (χ0) is 16.1. The highest BCUT2D eigenvalue weighted by Crippen LogP contribution is 2.08. The molecule has 0 saturated carbocycles. The highest BCUT2D eigenvalue weighted by molar-refractivity contribution is 5.94. The molecule has 1 aromatic heterocycles. The lowest BCUT2D eigenvalue weighted by atomic mass is 10.2. The summed E-state index contributed by atoms with van der Waals surface area (Å²) in [6, 6.07) is 6.38. The predicted molar refractivity (Wildman–Crippen MR) is 76.9 cm³/mol. The van der Waals surface area contributed by atoms with Gasteiger partial charge in [0.2, 0.25) is 0 Å². The molecule has 22 heavy (non-hydrogen) atoms. The van der Waals surface area contributed by atoms with Crippen molar-refractivity contribution in [1.82, 2.24) is 20.3 Å². The van der Waals surface area contributed by atoms with Gasteiger partial charge in [-0.2, -0.15) is 0 Å². The summed E-state index contributed by atoms with van der Waals surface area (Å²) in [4.78, 5) is 23.0. The summed E-state index contributed by atoms with van der Waals surface area (Å²) in [6.07, 6.45) is 1.44. The van der Waals surface area contributed by atoms with Crippen molar-refractivity contribution >= 4 is 11.9 Å². The summed E-state index contributed by atoms with van der Waals surface area (Å²) in [5.74, 6) is -1.80. The van der Waals surface area contributed by atoms with E-state index in [0.717, 1.165) is 11.3 Å². The lowest BCUT2D eigenvalue weighted by Crippen LogP contribution is -2.43. The minimum absolute atomic E-state index is 0.0305. The van der Waals surface area contributed by atoms with E-state index in [1.54, 1.807) is 0 Å². The summed E-state index contributed by atoms with van der Waals surface area (Å²) in [5, 5.41) is 18.9. The molecule has 0 fully saturated rings. The van der Waals surface area contributed by atoms with Gasteiger partial charge in [-0.05, 0) is 19.1 Å². The van der Waals surface area contributed by atoms with Crippen LogP contribution in [0.15, 0.2) is 30.5 Å². The normalized spacial score (nSPS) is 11.9. The van der Waals surface area contributed by atoms with Crippen LogP contribution in [0.3, 0.4) is 0 Å². The van der Waals surface area contributed by atoms with E-state index < -0.39 is 17.9 Å². The van der Waals surface area contributed by atoms with Gasteiger partial charge in [0.1, 0.15) is 0 Å². The molecule has 2 N–H and O–H groups in total. The Balaban J connectivity index is 2.11. The van der Waals surface area contributed by atoms with E-state index in [1.165, 1.54) is 18.0 Å². The van der Waals surface area contributed by atoms with E-state index in [4.69, 9.17) is 9.84 Å². The first kappa shape index (κ1) is 15.6. The number of amides is 1. The van der Waals surface area contributed by atoms with Crippen LogP contribution >= 0.6 is 0 Å². The van der Waals surface area contributed by atoms with E-state index >= 15 is 0 Å². The second kappa shape index (κ2) is 6.81. The Bertz CT molecular complexity index is 666. The SMILES string of the molecule is COCC(NC(=O)c1cn(-c2ccc(C)cc2)nn1)C(=O)O. The zero-order valence-electron chi connectivity index (χ0n) is 12.2. The number of methoxy groups -OCH3 is 1. The first-order valence-corrected chi connectivity index (χ1v) is 6.53. The van der Waals surface area contributed by atoms with Gasteiger partial charge in [-0.15, -0.1) is 5.10 Å². The third kappa shape index (κ3) is 3.67. The number of aryl methyl sites for hydroxylation is 1. The summed E-state index contributed by atoms with van der Waals surface area (Å²) >= 11 is 0. The molecule has 0 aliphatic carbocycles. The molecule has 2 aromatic rings. The number of carbonyl (C=O) groups is 2. The van der Waals surface area contributed by atoms with Gasteiger partial charge in [0.05, 0.1) is 18.5 Å². The second-order valence-electron chi connectivity index (χ2n) is 4.70. The van der Waals surface area contributed by atoms with E-state index in [2.05, 4.69) is 15.6 Å². The summed E-state index contributed by atoms with van der Waals surface area (Å²) in [6.45, 7) is 1.83. The molecule has 0 aliphatic rings.